The molecule has 0 aliphatic rings. The van der Waals surface area contributed by atoms with Crippen LogP contribution < -0.4 is 5.32 Å². The smallest absolute Gasteiger partial charge is 0.123 e. The zero-order valence-electron chi connectivity index (χ0n) is 10.7. The van der Waals surface area contributed by atoms with Crippen molar-refractivity contribution in [2.75, 3.05) is 5.32 Å². The van der Waals surface area contributed by atoms with Crippen LogP contribution in [0.25, 0.3) is 10.9 Å². The van der Waals surface area contributed by atoms with Gasteiger partial charge in [-0.1, -0.05) is 12.1 Å². The fourth-order valence-corrected chi connectivity index (χ4v) is 2.32. The Hall–Kier alpha value is -2.29. The van der Waals surface area contributed by atoms with Crippen LogP contribution in [0.4, 0.5) is 10.1 Å². The lowest BCUT2D eigenvalue weighted by Gasteiger charge is -2.10. The van der Waals surface area contributed by atoms with Crippen molar-refractivity contribution in [1.29, 1.82) is 0 Å². The molecule has 0 saturated heterocycles. The minimum Gasteiger partial charge on any atom is -0.381 e. The van der Waals surface area contributed by atoms with Crippen LogP contribution in [-0.2, 0) is 6.54 Å². The highest BCUT2D eigenvalue weighted by molar-refractivity contribution is 5.83. The number of aromatic amines is 1. The van der Waals surface area contributed by atoms with Gasteiger partial charge < -0.3 is 10.3 Å². The van der Waals surface area contributed by atoms with Gasteiger partial charge in [-0.15, -0.1) is 0 Å². The molecule has 2 nitrogen and oxygen atoms in total. The number of rotatable bonds is 3. The molecule has 3 rings (SSSR count). The Morgan fingerprint density at radius 1 is 1.16 bits per heavy atom. The third kappa shape index (κ3) is 2.32. The molecule has 0 bridgehead atoms. The van der Waals surface area contributed by atoms with Crippen LogP contribution in [0.15, 0.2) is 48.7 Å². The summed E-state index contributed by atoms with van der Waals surface area (Å²) in [5.41, 5.74) is 4.24. The molecule has 1 heterocycles. The van der Waals surface area contributed by atoms with E-state index in [4.69, 9.17) is 0 Å². The van der Waals surface area contributed by atoms with E-state index in [-0.39, 0.29) is 5.82 Å². The number of fused-ring (bicyclic) bond motifs is 1. The van der Waals surface area contributed by atoms with Crippen LogP contribution in [0.2, 0.25) is 0 Å². The maximum absolute atomic E-state index is 13.0. The normalized spacial score (nSPS) is 10.8. The second-order valence-corrected chi connectivity index (χ2v) is 4.67. The molecule has 96 valence electrons. The van der Waals surface area contributed by atoms with E-state index in [1.807, 2.05) is 19.2 Å². The largest absolute Gasteiger partial charge is 0.381 e. The Kier molecular flexibility index (Phi) is 2.95. The second-order valence-electron chi connectivity index (χ2n) is 4.67. The standard InChI is InChI=1S/C16H15FN2/c1-11-9-13(17)5-6-15(11)19-10-12-3-2-4-16-14(12)7-8-18-16/h2-9,18-19H,10H2,1H3. The third-order valence-electron chi connectivity index (χ3n) is 3.34. The molecular weight excluding hydrogens is 239 g/mol. The third-order valence-corrected chi connectivity index (χ3v) is 3.34. The van der Waals surface area contributed by atoms with Crippen LogP contribution in [0.3, 0.4) is 0 Å². The van der Waals surface area contributed by atoms with Gasteiger partial charge in [0.15, 0.2) is 0 Å². The molecular formula is C16H15FN2. The molecule has 0 amide bonds. The van der Waals surface area contributed by atoms with Gasteiger partial charge in [-0.3, -0.25) is 0 Å². The molecule has 1 aromatic heterocycles. The Bertz CT molecular complexity index is 716. The van der Waals surface area contributed by atoms with Crippen LogP contribution >= 0.6 is 0 Å². The summed E-state index contributed by atoms with van der Waals surface area (Å²) in [6.07, 6.45) is 1.94. The number of hydrogen-bond acceptors (Lipinski definition) is 1. The van der Waals surface area contributed by atoms with E-state index >= 15 is 0 Å². The molecule has 0 radical (unpaired) electrons. The zero-order chi connectivity index (χ0) is 13.2. The first-order valence-corrected chi connectivity index (χ1v) is 6.29. The summed E-state index contributed by atoms with van der Waals surface area (Å²) >= 11 is 0. The first-order valence-electron chi connectivity index (χ1n) is 6.29. The van der Waals surface area contributed by atoms with Gasteiger partial charge >= 0.3 is 0 Å². The van der Waals surface area contributed by atoms with Crippen LogP contribution in [0.5, 0.6) is 0 Å². The first-order chi connectivity index (χ1) is 9.24. The van der Waals surface area contributed by atoms with E-state index in [0.717, 1.165) is 23.3 Å². The van der Waals surface area contributed by atoms with E-state index in [9.17, 15) is 4.39 Å². The summed E-state index contributed by atoms with van der Waals surface area (Å²) < 4.78 is 13.0. The molecule has 0 unspecified atom stereocenters. The molecule has 0 fully saturated rings. The summed E-state index contributed by atoms with van der Waals surface area (Å²) in [6.45, 7) is 2.63. The lowest BCUT2D eigenvalue weighted by atomic mass is 10.1. The molecule has 0 saturated carbocycles. The number of benzene rings is 2. The van der Waals surface area contributed by atoms with Gasteiger partial charge in [0, 0.05) is 29.3 Å². The fourth-order valence-electron chi connectivity index (χ4n) is 2.32. The molecule has 0 atom stereocenters. The van der Waals surface area contributed by atoms with Crippen molar-refractivity contribution in [2.24, 2.45) is 0 Å². The highest BCUT2D eigenvalue weighted by atomic mass is 19.1. The minimum atomic E-state index is -0.198. The summed E-state index contributed by atoms with van der Waals surface area (Å²) in [5, 5.41) is 4.58. The number of nitrogens with one attached hydrogen (secondary N) is 2. The zero-order valence-corrected chi connectivity index (χ0v) is 10.7. The van der Waals surface area contributed by atoms with Crippen LogP contribution in [0.1, 0.15) is 11.1 Å². The number of halogens is 1. The van der Waals surface area contributed by atoms with Crippen molar-refractivity contribution in [3.05, 3.63) is 65.6 Å². The number of aryl methyl sites for hydroxylation is 1. The Balaban J connectivity index is 1.84. The van der Waals surface area contributed by atoms with Gasteiger partial charge in [0.25, 0.3) is 0 Å². The molecule has 19 heavy (non-hydrogen) atoms. The SMILES string of the molecule is Cc1cc(F)ccc1NCc1cccc2[nH]ccc12. The predicted octanol–water partition coefficient (Wildman–Crippen LogP) is 4.23. The van der Waals surface area contributed by atoms with Crippen molar-refractivity contribution in [2.45, 2.75) is 13.5 Å². The molecule has 3 aromatic rings. The van der Waals surface area contributed by atoms with Crippen LogP contribution in [0, 0.1) is 12.7 Å². The van der Waals surface area contributed by atoms with Gasteiger partial charge in [0.2, 0.25) is 0 Å². The first kappa shape index (κ1) is 11.8. The lowest BCUT2D eigenvalue weighted by molar-refractivity contribution is 0.627. The Labute approximate surface area is 111 Å². The number of aromatic nitrogens is 1. The van der Waals surface area contributed by atoms with E-state index in [0.29, 0.717) is 0 Å². The van der Waals surface area contributed by atoms with Crippen molar-refractivity contribution in [1.82, 2.24) is 4.98 Å². The maximum atomic E-state index is 13.0. The van der Waals surface area contributed by atoms with Crippen molar-refractivity contribution >= 4 is 16.6 Å². The van der Waals surface area contributed by atoms with E-state index in [1.54, 1.807) is 12.1 Å². The summed E-state index contributed by atoms with van der Waals surface area (Å²) in [5.74, 6) is -0.198. The van der Waals surface area contributed by atoms with E-state index in [1.165, 1.54) is 17.0 Å². The van der Waals surface area contributed by atoms with E-state index in [2.05, 4.69) is 28.5 Å². The van der Waals surface area contributed by atoms with Gasteiger partial charge in [-0.25, -0.2) is 4.39 Å². The number of H-pyrrole nitrogens is 1. The average Bonchev–Trinajstić information content (AvgIpc) is 2.86. The van der Waals surface area contributed by atoms with Crippen LogP contribution in [-0.4, -0.2) is 4.98 Å². The predicted molar refractivity (Wildman–Crippen MR) is 76.8 cm³/mol. The monoisotopic (exact) mass is 254 g/mol. The quantitative estimate of drug-likeness (QED) is 0.719. The molecule has 2 aromatic carbocycles. The number of hydrogen-bond donors (Lipinski definition) is 2. The molecule has 0 spiro atoms. The average molecular weight is 254 g/mol. The second kappa shape index (κ2) is 4.76. The lowest BCUT2D eigenvalue weighted by Crippen LogP contribution is -2.01. The minimum absolute atomic E-state index is 0.198. The van der Waals surface area contributed by atoms with Crippen molar-refractivity contribution in [3.63, 3.8) is 0 Å². The molecule has 0 aliphatic carbocycles. The van der Waals surface area contributed by atoms with Gasteiger partial charge in [-0.2, -0.15) is 0 Å². The topological polar surface area (TPSA) is 27.8 Å². The van der Waals surface area contributed by atoms with Gasteiger partial charge in [0.1, 0.15) is 5.82 Å². The highest BCUT2D eigenvalue weighted by Gasteiger charge is 2.03. The van der Waals surface area contributed by atoms with Crippen molar-refractivity contribution in [3.8, 4) is 0 Å². The van der Waals surface area contributed by atoms with E-state index < -0.39 is 0 Å². The molecule has 0 aliphatic heterocycles. The van der Waals surface area contributed by atoms with Gasteiger partial charge in [-0.05, 0) is 48.4 Å². The molecule has 3 heteroatoms. The highest BCUT2D eigenvalue weighted by Crippen LogP contribution is 2.20. The Morgan fingerprint density at radius 3 is 2.89 bits per heavy atom. The Morgan fingerprint density at radius 2 is 2.05 bits per heavy atom. The summed E-state index contributed by atoms with van der Waals surface area (Å²) in [7, 11) is 0. The van der Waals surface area contributed by atoms with Crippen molar-refractivity contribution < 1.29 is 4.39 Å². The fraction of sp³-hybridized carbons (Fsp3) is 0.125. The van der Waals surface area contributed by atoms with Gasteiger partial charge in [0.05, 0.1) is 0 Å². The molecule has 2 N–H and O–H groups in total. The maximum Gasteiger partial charge on any atom is 0.123 e. The summed E-state index contributed by atoms with van der Waals surface area (Å²) in [4.78, 5) is 3.20. The number of anilines is 1. The summed E-state index contributed by atoms with van der Waals surface area (Å²) in [6, 6.07) is 13.1.